The van der Waals surface area contributed by atoms with Gasteiger partial charge in [0.2, 0.25) is 5.76 Å². The van der Waals surface area contributed by atoms with Crippen LogP contribution in [-0.2, 0) is 16.1 Å². The van der Waals surface area contributed by atoms with E-state index in [0.29, 0.717) is 13.2 Å². The van der Waals surface area contributed by atoms with Gasteiger partial charge < -0.3 is 15.0 Å². The van der Waals surface area contributed by atoms with E-state index in [2.05, 4.69) is 17.0 Å². The molecule has 0 unspecified atom stereocenters. The lowest BCUT2D eigenvalue weighted by atomic mass is 10.2. The van der Waals surface area contributed by atoms with Crippen molar-refractivity contribution in [2.45, 2.75) is 6.54 Å². The van der Waals surface area contributed by atoms with Crippen molar-refractivity contribution in [1.29, 1.82) is 0 Å². The summed E-state index contributed by atoms with van der Waals surface area (Å²) in [7, 11) is 3.14. The van der Waals surface area contributed by atoms with Crippen LogP contribution in [0, 0.1) is 5.82 Å². The summed E-state index contributed by atoms with van der Waals surface area (Å²) in [5.41, 5.74) is 0.794. The molecule has 0 atom stereocenters. The lowest BCUT2D eigenvalue weighted by Crippen LogP contribution is -2.28. The Morgan fingerprint density at radius 3 is 2.86 bits per heavy atom. The number of nitrogens with zero attached hydrogens (tertiary/aromatic N) is 2. The van der Waals surface area contributed by atoms with E-state index in [1.165, 1.54) is 25.4 Å². The van der Waals surface area contributed by atoms with Crippen LogP contribution < -0.4 is 5.32 Å². The Morgan fingerprint density at radius 1 is 1.62 bits per heavy atom. The van der Waals surface area contributed by atoms with Crippen molar-refractivity contribution in [3.05, 3.63) is 46.6 Å². The molecule has 0 aromatic heterocycles. The molecular weight excluding hydrogens is 297 g/mol. The largest absolute Gasteiger partial charge is 0.490 e. The summed E-state index contributed by atoms with van der Waals surface area (Å²) in [6, 6.07) is 4.46. The van der Waals surface area contributed by atoms with Crippen LogP contribution in [0.2, 0.25) is 5.02 Å². The third-order valence-corrected chi connectivity index (χ3v) is 2.89. The molecular formula is C14H17ClFN3O2. The van der Waals surface area contributed by atoms with Gasteiger partial charge in [-0.1, -0.05) is 17.7 Å². The van der Waals surface area contributed by atoms with Crippen molar-refractivity contribution >= 4 is 24.2 Å². The minimum atomic E-state index is -0.559. The number of ether oxygens (including phenoxy) is 1. The minimum Gasteiger partial charge on any atom is -0.490 e. The average Bonchev–Trinajstić information content (AvgIpc) is 2.47. The van der Waals surface area contributed by atoms with Crippen molar-refractivity contribution in [2.24, 2.45) is 4.99 Å². The van der Waals surface area contributed by atoms with Crippen molar-refractivity contribution in [1.82, 2.24) is 10.2 Å². The fraction of sp³-hybridized carbons (Fsp3) is 0.286. The van der Waals surface area contributed by atoms with E-state index in [1.807, 2.05) is 0 Å². The van der Waals surface area contributed by atoms with Gasteiger partial charge in [0, 0.05) is 12.7 Å². The first kappa shape index (κ1) is 17.1. The van der Waals surface area contributed by atoms with E-state index in [9.17, 15) is 9.18 Å². The van der Waals surface area contributed by atoms with Crippen molar-refractivity contribution in [3.8, 4) is 0 Å². The number of amides is 1. The number of nitrogens with one attached hydrogen (secondary N) is 1. The van der Waals surface area contributed by atoms with Gasteiger partial charge in [0.25, 0.3) is 0 Å². The van der Waals surface area contributed by atoms with E-state index in [-0.39, 0.29) is 10.8 Å². The van der Waals surface area contributed by atoms with Gasteiger partial charge in [-0.3, -0.25) is 4.79 Å². The predicted octanol–water partition coefficient (Wildman–Crippen LogP) is 2.17. The molecule has 0 aliphatic heterocycles. The molecule has 0 bridgehead atoms. The first-order chi connectivity index (χ1) is 10.0. The summed E-state index contributed by atoms with van der Waals surface area (Å²) >= 11 is 5.75. The monoisotopic (exact) mass is 313 g/mol. The Morgan fingerprint density at radius 2 is 2.33 bits per heavy atom. The van der Waals surface area contributed by atoms with Crippen LogP contribution in [0.1, 0.15) is 5.56 Å². The second kappa shape index (κ2) is 8.39. The van der Waals surface area contributed by atoms with E-state index >= 15 is 0 Å². The molecule has 5 nitrogen and oxygen atoms in total. The second-order valence-electron chi connectivity index (χ2n) is 4.17. The van der Waals surface area contributed by atoms with E-state index in [1.54, 1.807) is 18.0 Å². The molecule has 0 aliphatic rings. The molecule has 0 spiro atoms. The number of aliphatic imine (C=N–C) groups is 1. The van der Waals surface area contributed by atoms with Crippen molar-refractivity contribution in [2.75, 3.05) is 20.8 Å². The van der Waals surface area contributed by atoms with Gasteiger partial charge in [0.15, 0.2) is 0 Å². The highest BCUT2D eigenvalue weighted by Gasteiger charge is 2.11. The zero-order valence-corrected chi connectivity index (χ0v) is 12.7. The number of benzene rings is 1. The van der Waals surface area contributed by atoms with E-state index in [4.69, 9.17) is 16.3 Å². The minimum absolute atomic E-state index is 0.0525. The molecule has 1 aromatic rings. The van der Waals surface area contributed by atoms with E-state index in [0.717, 1.165) is 5.56 Å². The number of rotatable bonds is 7. The van der Waals surface area contributed by atoms with Crippen LogP contribution in [0.4, 0.5) is 4.39 Å². The summed E-state index contributed by atoms with van der Waals surface area (Å²) in [6.45, 7) is 4.04. The van der Waals surface area contributed by atoms with Crippen molar-refractivity contribution in [3.63, 3.8) is 0 Å². The maximum atomic E-state index is 13.1. The summed E-state index contributed by atoms with van der Waals surface area (Å²) in [4.78, 5) is 16.6. The van der Waals surface area contributed by atoms with Gasteiger partial charge in [-0.2, -0.15) is 0 Å². The normalized spacial score (nSPS) is 11.1. The highest BCUT2D eigenvalue weighted by atomic mass is 35.5. The van der Waals surface area contributed by atoms with Crippen LogP contribution in [0.15, 0.2) is 35.2 Å². The molecule has 0 heterocycles. The van der Waals surface area contributed by atoms with Crippen LogP contribution in [0.5, 0.6) is 0 Å². The third-order valence-electron chi connectivity index (χ3n) is 2.61. The fourth-order valence-electron chi connectivity index (χ4n) is 1.66. The van der Waals surface area contributed by atoms with Gasteiger partial charge in [0.1, 0.15) is 5.82 Å². The lowest BCUT2D eigenvalue weighted by molar-refractivity contribution is -0.117. The number of halogens is 2. The molecule has 0 saturated heterocycles. The predicted molar refractivity (Wildman–Crippen MR) is 80.5 cm³/mol. The molecule has 1 rings (SSSR count). The third kappa shape index (κ3) is 5.17. The average molecular weight is 314 g/mol. The van der Waals surface area contributed by atoms with Crippen LogP contribution >= 0.6 is 11.6 Å². The number of hydrogen-bond donors (Lipinski definition) is 1. The molecule has 0 aliphatic carbocycles. The molecule has 1 amide bonds. The summed E-state index contributed by atoms with van der Waals surface area (Å²) in [6.07, 6.45) is 1.52. The Kier molecular flexibility index (Phi) is 6.84. The molecule has 0 fully saturated rings. The summed E-state index contributed by atoms with van der Waals surface area (Å²) in [5.74, 6) is -0.969. The highest BCUT2D eigenvalue weighted by molar-refractivity contribution is 6.30. The SMILES string of the molecule is C=NC(=O)/C(=C\N(CNC)Cc1ccc(F)c(Cl)c1)OC. The second-order valence-corrected chi connectivity index (χ2v) is 4.57. The topological polar surface area (TPSA) is 53.9 Å². The maximum absolute atomic E-state index is 13.1. The molecule has 21 heavy (non-hydrogen) atoms. The molecule has 1 aromatic carbocycles. The van der Waals surface area contributed by atoms with Gasteiger partial charge in [-0.15, -0.1) is 0 Å². The Hall–Kier alpha value is -1.92. The molecule has 0 saturated carbocycles. The summed E-state index contributed by atoms with van der Waals surface area (Å²) in [5, 5.41) is 3.01. The number of carbonyl (C=O) groups excluding carboxylic acids is 1. The number of methoxy groups -OCH3 is 1. The number of carbonyl (C=O) groups is 1. The zero-order valence-electron chi connectivity index (χ0n) is 11.9. The first-order valence-corrected chi connectivity index (χ1v) is 6.49. The molecule has 1 N–H and O–H groups in total. The Labute approximate surface area is 128 Å². The fourth-order valence-corrected chi connectivity index (χ4v) is 1.86. The zero-order chi connectivity index (χ0) is 15.8. The first-order valence-electron chi connectivity index (χ1n) is 6.11. The standard InChI is InChI=1S/C14H17ClFN3O2/c1-17-9-19(8-13(21-3)14(20)18-2)7-10-4-5-12(16)11(15)6-10/h4-6,8,17H,2,7,9H2,1,3H3/b13-8+. The molecule has 7 heteroatoms. The Bertz CT molecular complexity index is 549. The van der Waals surface area contributed by atoms with Gasteiger partial charge in [0.05, 0.1) is 18.8 Å². The molecule has 0 radical (unpaired) electrons. The van der Waals surface area contributed by atoms with Gasteiger partial charge in [-0.25, -0.2) is 9.38 Å². The van der Waals surface area contributed by atoms with E-state index < -0.39 is 11.7 Å². The highest BCUT2D eigenvalue weighted by Crippen LogP contribution is 2.17. The quantitative estimate of drug-likeness (QED) is 0.363. The lowest BCUT2D eigenvalue weighted by Gasteiger charge is -2.21. The van der Waals surface area contributed by atoms with Crippen LogP contribution in [0.3, 0.4) is 0 Å². The van der Waals surface area contributed by atoms with Gasteiger partial charge in [-0.05, 0) is 31.5 Å². The Balaban J connectivity index is 2.95. The van der Waals surface area contributed by atoms with Crippen molar-refractivity contribution < 1.29 is 13.9 Å². The molecule has 114 valence electrons. The summed E-state index contributed by atoms with van der Waals surface area (Å²) < 4.78 is 18.1. The van der Waals surface area contributed by atoms with Gasteiger partial charge >= 0.3 is 5.91 Å². The van der Waals surface area contributed by atoms with Crippen LogP contribution in [0.25, 0.3) is 0 Å². The smallest absolute Gasteiger partial charge is 0.312 e. The number of hydrogen-bond acceptors (Lipinski definition) is 4. The van der Waals surface area contributed by atoms with Crippen LogP contribution in [-0.4, -0.2) is 38.4 Å². The maximum Gasteiger partial charge on any atom is 0.312 e.